The van der Waals surface area contributed by atoms with Crippen molar-refractivity contribution in [3.05, 3.63) is 58.1 Å². The summed E-state index contributed by atoms with van der Waals surface area (Å²) in [6, 6.07) is 9.97. The van der Waals surface area contributed by atoms with Gasteiger partial charge < -0.3 is 5.32 Å². The lowest BCUT2D eigenvalue weighted by atomic mass is 10.1. The molecule has 1 aliphatic rings. The van der Waals surface area contributed by atoms with E-state index in [9.17, 15) is 13.2 Å². The molecule has 0 saturated heterocycles. The first-order valence-corrected chi connectivity index (χ1v) is 8.79. The van der Waals surface area contributed by atoms with E-state index in [1.165, 1.54) is 6.07 Å². The fourth-order valence-electron chi connectivity index (χ4n) is 2.50. The van der Waals surface area contributed by atoms with E-state index in [1.54, 1.807) is 37.3 Å². The second kappa shape index (κ2) is 5.41. The van der Waals surface area contributed by atoms with E-state index in [2.05, 4.69) is 5.32 Å². The fraction of sp³-hybridized carbons (Fsp3) is 0.188. The molecule has 0 aromatic heterocycles. The molecule has 0 radical (unpaired) electrons. The zero-order chi connectivity index (χ0) is 15.9. The highest BCUT2D eigenvalue weighted by Crippen LogP contribution is 2.28. The number of hydrogen-bond donors (Lipinski definition) is 1. The molecule has 3 rings (SSSR count). The molecule has 0 aliphatic carbocycles. The van der Waals surface area contributed by atoms with E-state index in [1.807, 2.05) is 0 Å². The Morgan fingerprint density at radius 3 is 2.77 bits per heavy atom. The summed E-state index contributed by atoms with van der Waals surface area (Å²) in [5, 5.41) is 3.24. The minimum Gasteiger partial charge on any atom is -0.326 e. The number of hydrogen-bond acceptors (Lipinski definition) is 3. The van der Waals surface area contributed by atoms with Crippen molar-refractivity contribution in [2.24, 2.45) is 0 Å². The zero-order valence-corrected chi connectivity index (χ0v) is 13.5. The second-order valence-electron chi connectivity index (χ2n) is 5.33. The van der Waals surface area contributed by atoms with Crippen molar-refractivity contribution in [3.63, 3.8) is 0 Å². The average molecular weight is 336 g/mol. The van der Waals surface area contributed by atoms with Crippen LogP contribution in [0.1, 0.15) is 16.7 Å². The lowest BCUT2D eigenvalue weighted by Crippen LogP contribution is -2.06. The van der Waals surface area contributed by atoms with E-state index < -0.39 is 9.84 Å². The number of sulfone groups is 1. The molecule has 0 fully saturated rings. The number of carbonyl (C=O) groups is 1. The molecule has 0 atom stereocenters. The van der Waals surface area contributed by atoms with E-state index in [-0.39, 0.29) is 23.0 Å². The number of benzene rings is 2. The van der Waals surface area contributed by atoms with Gasteiger partial charge in [-0.15, -0.1) is 0 Å². The van der Waals surface area contributed by atoms with Crippen LogP contribution >= 0.6 is 11.6 Å². The van der Waals surface area contributed by atoms with Crippen molar-refractivity contribution >= 4 is 33.0 Å². The van der Waals surface area contributed by atoms with Crippen molar-refractivity contribution in [1.29, 1.82) is 0 Å². The van der Waals surface area contributed by atoms with Gasteiger partial charge in [-0.2, -0.15) is 0 Å². The van der Waals surface area contributed by atoms with Crippen molar-refractivity contribution in [1.82, 2.24) is 0 Å². The van der Waals surface area contributed by atoms with Gasteiger partial charge >= 0.3 is 0 Å². The smallest absolute Gasteiger partial charge is 0.228 e. The number of fused-ring (bicyclic) bond motifs is 1. The quantitative estimate of drug-likeness (QED) is 0.937. The molecular weight excluding hydrogens is 322 g/mol. The Morgan fingerprint density at radius 1 is 1.23 bits per heavy atom. The number of amides is 1. The molecular formula is C16H14ClNO3S. The van der Waals surface area contributed by atoms with Crippen molar-refractivity contribution < 1.29 is 13.2 Å². The fourth-order valence-corrected chi connectivity index (χ4v) is 4.18. The molecule has 2 aromatic rings. The van der Waals surface area contributed by atoms with Crippen LogP contribution in [-0.2, 0) is 26.8 Å². The summed E-state index contributed by atoms with van der Waals surface area (Å²) in [5.41, 5.74) is 2.85. The van der Waals surface area contributed by atoms with Gasteiger partial charge in [0, 0.05) is 10.7 Å². The normalized spacial score (nSPS) is 13.8. The molecule has 0 saturated carbocycles. The van der Waals surface area contributed by atoms with E-state index >= 15 is 0 Å². The molecule has 1 heterocycles. The van der Waals surface area contributed by atoms with Crippen molar-refractivity contribution in [2.45, 2.75) is 24.0 Å². The van der Waals surface area contributed by atoms with Gasteiger partial charge in [0.05, 0.1) is 17.1 Å². The van der Waals surface area contributed by atoms with Gasteiger partial charge in [-0.3, -0.25) is 4.79 Å². The Bertz CT molecular complexity index is 875. The highest BCUT2D eigenvalue weighted by molar-refractivity contribution is 7.90. The third kappa shape index (κ3) is 2.74. The first-order valence-electron chi connectivity index (χ1n) is 6.76. The van der Waals surface area contributed by atoms with Crippen LogP contribution in [-0.4, -0.2) is 14.3 Å². The summed E-state index contributed by atoms with van der Waals surface area (Å²) in [7, 11) is -3.49. The first kappa shape index (κ1) is 15.1. The number of anilines is 1. The lowest BCUT2D eigenvalue weighted by molar-refractivity contribution is -0.115. The zero-order valence-electron chi connectivity index (χ0n) is 11.9. The average Bonchev–Trinajstić information content (AvgIpc) is 2.82. The molecule has 1 amide bonds. The number of halogens is 1. The molecule has 1 N–H and O–H groups in total. The van der Waals surface area contributed by atoms with Crippen LogP contribution in [0.4, 0.5) is 5.69 Å². The summed E-state index contributed by atoms with van der Waals surface area (Å²) in [5.74, 6) is -0.227. The SMILES string of the molecule is Cc1c(Cl)cccc1CS(=O)(=O)c1ccc2c(c1)CC(=O)N2. The molecule has 0 bridgehead atoms. The van der Waals surface area contributed by atoms with E-state index in [0.29, 0.717) is 21.8 Å². The van der Waals surface area contributed by atoms with E-state index in [0.717, 1.165) is 5.56 Å². The molecule has 0 spiro atoms. The minimum atomic E-state index is -3.49. The summed E-state index contributed by atoms with van der Waals surface area (Å²) >= 11 is 6.04. The van der Waals surface area contributed by atoms with Crippen molar-refractivity contribution in [3.8, 4) is 0 Å². The molecule has 0 unspecified atom stereocenters. The Kier molecular flexibility index (Phi) is 3.70. The van der Waals surface area contributed by atoms with Crippen LogP contribution in [0.3, 0.4) is 0 Å². The second-order valence-corrected chi connectivity index (χ2v) is 7.72. The standard InChI is InChI=1S/C16H14ClNO3S/c1-10-11(3-2-4-14(10)17)9-22(20,21)13-5-6-15-12(7-13)8-16(19)18-15/h2-7H,8-9H2,1H3,(H,18,19). The van der Waals surface area contributed by atoms with Crippen LogP contribution in [0.5, 0.6) is 0 Å². The summed E-state index contributed by atoms with van der Waals surface area (Å²) in [6.45, 7) is 1.80. The van der Waals surface area contributed by atoms with Gasteiger partial charge in [-0.05, 0) is 47.9 Å². The Balaban J connectivity index is 1.96. The number of carbonyl (C=O) groups excluding carboxylic acids is 1. The van der Waals surface area contributed by atoms with Crippen LogP contribution < -0.4 is 5.32 Å². The third-order valence-corrected chi connectivity index (χ3v) is 5.86. The minimum absolute atomic E-state index is 0.112. The van der Waals surface area contributed by atoms with Gasteiger partial charge in [0.2, 0.25) is 5.91 Å². The van der Waals surface area contributed by atoms with Crippen LogP contribution in [0.2, 0.25) is 5.02 Å². The topological polar surface area (TPSA) is 63.2 Å². The summed E-state index contributed by atoms with van der Waals surface area (Å²) in [4.78, 5) is 11.6. The molecule has 2 aromatic carbocycles. The highest BCUT2D eigenvalue weighted by Gasteiger charge is 2.22. The molecule has 22 heavy (non-hydrogen) atoms. The maximum absolute atomic E-state index is 12.6. The maximum atomic E-state index is 12.6. The number of nitrogens with one attached hydrogen (secondary N) is 1. The lowest BCUT2D eigenvalue weighted by Gasteiger charge is -2.09. The predicted octanol–water partition coefficient (Wildman–Crippen LogP) is 3.12. The largest absolute Gasteiger partial charge is 0.326 e. The van der Waals surface area contributed by atoms with Crippen LogP contribution in [0, 0.1) is 6.92 Å². The van der Waals surface area contributed by atoms with Gasteiger partial charge in [0.1, 0.15) is 0 Å². The summed E-state index contributed by atoms with van der Waals surface area (Å²) in [6.07, 6.45) is 0.217. The van der Waals surface area contributed by atoms with Crippen molar-refractivity contribution in [2.75, 3.05) is 5.32 Å². The molecule has 1 aliphatic heterocycles. The Morgan fingerprint density at radius 2 is 2.00 bits per heavy atom. The first-order chi connectivity index (χ1) is 10.4. The molecule has 114 valence electrons. The van der Waals surface area contributed by atoms with E-state index in [4.69, 9.17) is 11.6 Å². The summed E-state index contributed by atoms with van der Waals surface area (Å²) < 4.78 is 25.2. The van der Waals surface area contributed by atoms with Gasteiger partial charge in [-0.25, -0.2) is 8.42 Å². The Hall–Kier alpha value is -1.85. The monoisotopic (exact) mass is 335 g/mol. The number of rotatable bonds is 3. The third-order valence-electron chi connectivity index (χ3n) is 3.79. The Labute approximate surface area is 134 Å². The van der Waals surface area contributed by atoms with Crippen LogP contribution in [0.15, 0.2) is 41.3 Å². The van der Waals surface area contributed by atoms with Gasteiger partial charge in [0.25, 0.3) is 0 Å². The maximum Gasteiger partial charge on any atom is 0.228 e. The van der Waals surface area contributed by atoms with Crippen LogP contribution in [0.25, 0.3) is 0 Å². The highest BCUT2D eigenvalue weighted by atomic mass is 35.5. The molecule has 6 heteroatoms. The molecule has 4 nitrogen and oxygen atoms in total. The van der Waals surface area contributed by atoms with Gasteiger partial charge in [-0.1, -0.05) is 23.7 Å². The predicted molar refractivity (Wildman–Crippen MR) is 85.9 cm³/mol. The van der Waals surface area contributed by atoms with Gasteiger partial charge in [0.15, 0.2) is 9.84 Å².